The number of rotatable bonds is 4. The Morgan fingerprint density at radius 3 is 3.00 bits per heavy atom. The Labute approximate surface area is 126 Å². The average Bonchev–Trinajstić information content (AvgIpc) is 2.86. The molecule has 1 fully saturated rings. The van der Waals surface area contributed by atoms with Crippen LogP contribution >= 0.6 is 27.5 Å². The monoisotopic (exact) mass is 346 g/mol. The zero-order valence-electron chi connectivity index (χ0n) is 10.4. The number of benzene rings is 1. The van der Waals surface area contributed by atoms with Crippen molar-refractivity contribution in [2.24, 2.45) is 11.7 Å². The molecule has 19 heavy (non-hydrogen) atoms. The molecule has 0 aromatic heterocycles. The number of likely N-dealkylation sites (tertiary alicyclic amines) is 1. The second-order valence-electron chi connectivity index (χ2n) is 4.59. The molecule has 1 aromatic carbocycles. The third-order valence-corrected chi connectivity index (χ3v) is 4.01. The summed E-state index contributed by atoms with van der Waals surface area (Å²) in [6.45, 7) is 2.13. The first-order valence-corrected chi connectivity index (χ1v) is 7.33. The van der Waals surface area contributed by atoms with Crippen molar-refractivity contribution in [1.29, 1.82) is 0 Å². The van der Waals surface area contributed by atoms with E-state index in [9.17, 15) is 4.79 Å². The van der Waals surface area contributed by atoms with Crippen molar-refractivity contribution in [3.63, 3.8) is 0 Å². The summed E-state index contributed by atoms with van der Waals surface area (Å²) in [4.78, 5) is 13.8. The number of carbonyl (C=O) groups is 1. The Morgan fingerprint density at radius 1 is 1.58 bits per heavy atom. The number of hydrogen-bond acceptors (Lipinski definition) is 3. The van der Waals surface area contributed by atoms with Crippen molar-refractivity contribution in [3.05, 3.63) is 27.7 Å². The maximum absolute atomic E-state index is 12.0. The summed E-state index contributed by atoms with van der Waals surface area (Å²) in [6.07, 6.45) is 0.973. The summed E-state index contributed by atoms with van der Waals surface area (Å²) >= 11 is 9.34. The molecule has 1 amide bonds. The summed E-state index contributed by atoms with van der Waals surface area (Å²) < 4.78 is 6.34. The summed E-state index contributed by atoms with van der Waals surface area (Å²) in [7, 11) is 0. The summed E-state index contributed by atoms with van der Waals surface area (Å²) in [5, 5.41) is 0.489. The van der Waals surface area contributed by atoms with E-state index in [1.165, 1.54) is 0 Å². The highest BCUT2D eigenvalue weighted by Gasteiger charge is 2.25. The number of nitrogens with zero attached hydrogens (tertiary/aromatic N) is 1. The van der Waals surface area contributed by atoms with Gasteiger partial charge >= 0.3 is 0 Å². The standard InChI is InChI=1S/C13H16BrClN2O2/c14-10-1-2-12(11(15)5-10)19-8-13(18)17-4-3-9(6-16)7-17/h1-2,5,9H,3-4,6-8,16H2/t9-/m0/s1. The first-order valence-electron chi connectivity index (χ1n) is 6.16. The van der Waals surface area contributed by atoms with E-state index in [1.807, 2.05) is 6.07 Å². The number of carbonyl (C=O) groups excluding carboxylic acids is 1. The minimum Gasteiger partial charge on any atom is -0.482 e. The van der Waals surface area contributed by atoms with E-state index in [0.29, 0.717) is 23.2 Å². The van der Waals surface area contributed by atoms with Gasteiger partial charge in [-0.15, -0.1) is 0 Å². The van der Waals surface area contributed by atoms with Crippen LogP contribution in [-0.2, 0) is 4.79 Å². The smallest absolute Gasteiger partial charge is 0.260 e. The van der Waals surface area contributed by atoms with Gasteiger partial charge in [-0.05, 0) is 37.1 Å². The predicted molar refractivity (Wildman–Crippen MR) is 78.4 cm³/mol. The van der Waals surface area contributed by atoms with Gasteiger partial charge in [0.25, 0.3) is 5.91 Å². The van der Waals surface area contributed by atoms with Crippen LogP contribution in [0.1, 0.15) is 6.42 Å². The van der Waals surface area contributed by atoms with Gasteiger partial charge in [0.2, 0.25) is 0 Å². The molecule has 0 spiro atoms. The molecular weight excluding hydrogens is 332 g/mol. The molecule has 1 aliphatic heterocycles. The van der Waals surface area contributed by atoms with Gasteiger partial charge in [0, 0.05) is 17.6 Å². The Morgan fingerprint density at radius 2 is 2.37 bits per heavy atom. The highest BCUT2D eigenvalue weighted by Crippen LogP contribution is 2.27. The van der Waals surface area contributed by atoms with Crippen LogP contribution in [0.4, 0.5) is 0 Å². The Hall–Kier alpha value is -0.780. The second-order valence-corrected chi connectivity index (χ2v) is 5.92. The number of nitrogens with two attached hydrogens (primary N) is 1. The van der Waals surface area contributed by atoms with Crippen LogP contribution in [0, 0.1) is 5.92 Å². The minimum absolute atomic E-state index is 0.0125. The molecule has 104 valence electrons. The van der Waals surface area contributed by atoms with Crippen LogP contribution in [0.15, 0.2) is 22.7 Å². The van der Waals surface area contributed by atoms with Crippen molar-refractivity contribution in [3.8, 4) is 5.75 Å². The molecule has 0 aliphatic carbocycles. The predicted octanol–water partition coefficient (Wildman–Crippen LogP) is 2.29. The Bertz CT molecular complexity index is 470. The van der Waals surface area contributed by atoms with Crippen molar-refractivity contribution < 1.29 is 9.53 Å². The highest BCUT2D eigenvalue weighted by atomic mass is 79.9. The molecule has 4 nitrogen and oxygen atoms in total. The summed E-state index contributed by atoms with van der Waals surface area (Å²) in [5.74, 6) is 0.919. The molecule has 0 bridgehead atoms. The molecule has 2 N–H and O–H groups in total. The van der Waals surface area contributed by atoms with E-state index in [4.69, 9.17) is 22.1 Å². The van der Waals surface area contributed by atoms with Crippen LogP contribution in [0.3, 0.4) is 0 Å². The van der Waals surface area contributed by atoms with Gasteiger partial charge in [-0.3, -0.25) is 4.79 Å². The fourth-order valence-corrected chi connectivity index (χ4v) is 2.80. The largest absolute Gasteiger partial charge is 0.482 e. The molecule has 1 saturated heterocycles. The molecule has 6 heteroatoms. The second kappa shape index (κ2) is 6.59. The number of halogens is 2. The van der Waals surface area contributed by atoms with Gasteiger partial charge in [0.1, 0.15) is 5.75 Å². The van der Waals surface area contributed by atoms with E-state index >= 15 is 0 Å². The van der Waals surface area contributed by atoms with E-state index < -0.39 is 0 Å². The maximum atomic E-state index is 12.0. The molecular formula is C13H16BrClN2O2. The Kier molecular flexibility index (Phi) is 5.07. The van der Waals surface area contributed by atoms with E-state index in [2.05, 4.69) is 15.9 Å². The van der Waals surface area contributed by atoms with E-state index in [1.54, 1.807) is 17.0 Å². The third kappa shape index (κ3) is 3.84. The summed E-state index contributed by atoms with van der Waals surface area (Å²) in [6, 6.07) is 5.31. The fourth-order valence-electron chi connectivity index (χ4n) is 2.07. The Balaban J connectivity index is 1.87. The van der Waals surface area contributed by atoms with Crippen LogP contribution < -0.4 is 10.5 Å². The topological polar surface area (TPSA) is 55.6 Å². The van der Waals surface area contributed by atoms with E-state index in [0.717, 1.165) is 24.0 Å². The van der Waals surface area contributed by atoms with Gasteiger partial charge in [-0.1, -0.05) is 27.5 Å². The minimum atomic E-state index is -0.0186. The van der Waals surface area contributed by atoms with Gasteiger partial charge in [0.15, 0.2) is 6.61 Å². The molecule has 0 saturated carbocycles. The van der Waals surface area contributed by atoms with Crippen LogP contribution in [0.5, 0.6) is 5.75 Å². The lowest BCUT2D eigenvalue weighted by Gasteiger charge is -2.17. The first-order chi connectivity index (χ1) is 9.10. The molecule has 1 heterocycles. The molecule has 0 unspecified atom stereocenters. The van der Waals surface area contributed by atoms with Crippen molar-refractivity contribution >= 4 is 33.4 Å². The highest BCUT2D eigenvalue weighted by molar-refractivity contribution is 9.10. The normalized spacial score (nSPS) is 18.7. The fraction of sp³-hybridized carbons (Fsp3) is 0.462. The molecule has 2 rings (SSSR count). The molecule has 1 aliphatic rings. The van der Waals surface area contributed by atoms with Gasteiger partial charge < -0.3 is 15.4 Å². The lowest BCUT2D eigenvalue weighted by atomic mass is 10.1. The molecule has 1 atom stereocenters. The number of amides is 1. The number of ether oxygens (including phenoxy) is 1. The van der Waals surface area contributed by atoms with Crippen LogP contribution in [-0.4, -0.2) is 37.0 Å². The van der Waals surface area contributed by atoms with Crippen LogP contribution in [0.2, 0.25) is 5.02 Å². The third-order valence-electron chi connectivity index (χ3n) is 3.22. The van der Waals surface area contributed by atoms with Crippen LogP contribution in [0.25, 0.3) is 0 Å². The first kappa shape index (κ1) is 14.6. The van der Waals surface area contributed by atoms with E-state index in [-0.39, 0.29) is 12.5 Å². The average molecular weight is 348 g/mol. The maximum Gasteiger partial charge on any atom is 0.260 e. The van der Waals surface area contributed by atoms with Gasteiger partial charge in [0.05, 0.1) is 5.02 Å². The lowest BCUT2D eigenvalue weighted by Crippen LogP contribution is -2.33. The molecule has 0 radical (unpaired) electrons. The van der Waals surface area contributed by atoms with Crippen molar-refractivity contribution in [1.82, 2.24) is 4.90 Å². The zero-order chi connectivity index (χ0) is 13.8. The van der Waals surface area contributed by atoms with Gasteiger partial charge in [-0.25, -0.2) is 0 Å². The zero-order valence-corrected chi connectivity index (χ0v) is 12.8. The van der Waals surface area contributed by atoms with Gasteiger partial charge in [-0.2, -0.15) is 0 Å². The van der Waals surface area contributed by atoms with Crippen molar-refractivity contribution in [2.45, 2.75) is 6.42 Å². The molecule has 1 aromatic rings. The SMILES string of the molecule is NC[C@@H]1CCN(C(=O)COc2ccc(Br)cc2Cl)C1. The number of hydrogen-bond donors (Lipinski definition) is 1. The lowest BCUT2D eigenvalue weighted by molar-refractivity contribution is -0.132. The van der Waals surface area contributed by atoms with Crippen molar-refractivity contribution in [2.75, 3.05) is 26.2 Å². The summed E-state index contributed by atoms with van der Waals surface area (Å²) in [5.41, 5.74) is 5.60. The quantitative estimate of drug-likeness (QED) is 0.909.